The number of thioether (sulfide) groups is 1. The van der Waals surface area contributed by atoms with Gasteiger partial charge in [0.25, 0.3) is 5.91 Å². The lowest BCUT2D eigenvalue weighted by atomic mass is 10.1. The average molecular weight is 516 g/mol. The van der Waals surface area contributed by atoms with E-state index in [-0.39, 0.29) is 35.3 Å². The van der Waals surface area contributed by atoms with Crippen LogP contribution in [0.1, 0.15) is 28.4 Å². The van der Waals surface area contributed by atoms with Crippen LogP contribution in [-0.4, -0.2) is 49.8 Å². The lowest BCUT2D eigenvalue weighted by Crippen LogP contribution is -2.39. The minimum Gasteiger partial charge on any atom is -0.350 e. The Kier molecular flexibility index (Phi) is 6.80. The fourth-order valence-electron chi connectivity index (χ4n) is 4.28. The molecule has 9 heteroatoms. The van der Waals surface area contributed by atoms with Crippen LogP contribution in [0.3, 0.4) is 0 Å². The Morgan fingerprint density at radius 3 is 2.62 bits per heavy atom. The smallest absolute Gasteiger partial charge is 0.302 e. The standard InChI is InChI=1S/C28H26FN5O2S/c1-17-7-9-19(10-8-17)27(35)30-13-14-34-28(36)37-18(2)25(32-34)20-11-12-24-23(16-20)31-26(33(24)3)21-5-4-6-22(29)15-21/h4-12,15-16,18H,13-14H2,1-3H3,(H,30,35). The predicted octanol–water partition coefficient (Wildman–Crippen LogP) is 5.38. The highest BCUT2D eigenvalue weighted by Gasteiger charge is 2.28. The zero-order chi connectivity index (χ0) is 26.1. The molecule has 0 aliphatic carbocycles. The Hall–Kier alpha value is -3.98. The maximum absolute atomic E-state index is 13.8. The van der Waals surface area contributed by atoms with Gasteiger partial charge < -0.3 is 9.88 Å². The number of hydrogen-bond acceptors (Lipinski definition) is 5. The van der Waals surface area contributed by atoms with Crippen molar-refractivity contribution >= 4 is 39.7 Å². The summed E-state index contributed by atoms with van der Waals surface area (Å²) < 4.78 is 15.7. The normalized spacial score (nSPS) is 15.7. The van der Waals surface area contributed by atoms with Crippen molar-refractivity contribution in [1.82, 2.24) is 19.9 Å². The Labute approximate surface area is 218 Å². The molecule has 0 fully saturated rings. The van der Waals surface area contributed by atoms with Gasteiger partial charge in [0.1, 0.15) is 11.6 Å². The minimum absolute atomic E-state index is 0.144. The van der Waals surface area contributed by atoms with Gasteiger partial charge in [-0.1, -0.05) is 47.7 Å². The number of benzene rings is 3. The van der Waals surface area contributed by atoms with Crippen molar-refractivity contribution in [3.05, 3.63) is 89.2 Å². The van der Waals surface area contributed by atoms with Crippen LogP contribution in [0.4, 0.5) is 9.18 Å². The Morgan fingerprint density at radius 2 is 1.86 bits per heavy atom. The van der Waals surface area contributed by atoms with Crippen LogP contribution in [0.5, 0.6) is 0 Å². The summed E-state index contributed by atoms with van der Waals surface area (Å²) >= 11 is 1.20. The molecule has 188 valence electrons. The second-order valence-corrected chi connectivity index (χ2v) is 10.3. The van der Waals surface area contributed by atoms with E-state index < -0.39 is 0 Å². The molecule has 1 aromatic heterocycles. The average Bonchev–Trinajstić information content (AvgIpc) is 3.21. The molecule has 2 heterocycles. The third-order valence-electron chi connectivity index (χ3n) is 6.28. The van der Waals surface area contributed by atoms with Crippen LogP contribution < -0.4 is 5.32 Å². The van der Waals surface area contributed by atoms with E-state index in [4.69, 9.17) is 4.98 Å². The number of aromatic nitrogens is 2. The summed E-state index contributed by atoms with van der Waals surface area (Å²) in [5.74, 6) is 0.164. The summed E-state index contributed by atoms with van der Waals surface area (Å²) in [6.07, 6.45) is 0. The summed E-state index contributed by atoms with van der Waals surface area (Å²) in [5, 5.41) is 8.60. The van der Waals surface area contributed by atoms with Gasteiger partial charge in [-0.25, -0.2) is 14.4 Å². The number of hydrazone groups is 1. The lowest BCUT2D eigenvalue weighted by molar-refractivity contribution is 0.0950. The van der Waals surface area contributed by atoms with Crippen LogP contribution in [0.15, 0.2) is 71.8 Å². The van der Waals surface area contributed by atoms with Crippen molar-refractivity contribution in [3.63, 3.8) is 0 Å². The molecule has 1 N–H and O–H groups in total. The molecular weight excluding hydrogens is 489 g/mol. The van der Waals surface area contributed by atoms with E-state index in [1.54, 1.807) is 18.2 Å². The molecule has 0 radical (unpaired) electrons. The van der Waals surface area contributed by atoms with Crippen LogP contribution in [0.25, 0.3) is 22.4 Å². The van der Waals surface area contributed by atoms with E-state index >= 15 is 0 Å². The molecule has 4 aromatic rings. The number of aryl methyl sites for hydroxylation is 2. The Bertz CT molecular complexity index is 1530. The molecular formula is C28H26FN5O2S. The molecule has 1 unspecified atom stereocenters. The van der Waals surface area contributed by atoms with Gasteiger partial charge >= 0.3 is 5.24 Å². The topological polar surface area (TPSA) is 79.6 Å². The highest BCUT2D eigenvalue weighted by Crippen LogP contribution is 2.29. The lowest BCUT2D eigenvalue weighted by Gasteiger charge is -2.27. The quantitative estimate of drug-likeness (QED) is 0.374. The van der Waals surface area contributed by atoms with Crippen molar-refractivity contribution in [2.24, 2.45) is 12.1 Å². The molecule has 37 heavy (non-hydrogen) atoms. The second-order valence-electron chi connectivity index (χ2n) is 8.96. The number of halogens is 1. The van der Waals surface area contributed by atoms with Gasteiger partial charge in [-0.15, -0.1) is 0 Å². The third kappa shape index (κ3) is 5.13. The van der Waals surface area contributed by atoms with Crippen LogP contribution in [-0.2, 0) is 7.05 Å². The Balaban J connectivity index is 1.36. The molecule has 7 nitrogen and oxygen atoms in total. The second kappa shape index (κ2) is 10.2. The Morgan fingerprint density at radius 1 is 1.08 bits per heavy atom. The summed E-state index contributed by atoms with van der Waals surface area (Å²) in [5.41, 5.74) is 5.64. The minimum atomic E-state index is -0.313. The van der Waals surface area contributed by atoms with Gasteiger partial charge in [-0.3, -0.25) is 9.59 Å². The van der Waals surface area contributed by atoms with Crippen LogP contribution >= 0.6 is 11.8 Å². The largest absolute Gasteiger partial charge is 0.350 e. The maximum Gasteiger partial charge on any atom is 0.302 e. The van der Waals surface area contributed by atoms with E-state index in [2.05, 4.69) is 10.4 Å². The number of amides is 2. The molecule has 0 saturated heterocycles. The highest BCUT2D eigenvalue weighted by molar-refractivity contribution is 8.14. The molecule has 3 aromatic carbocycles. The molecule has 0 saturated carbocycles. The first-order valence-corrected chi connectivity index (χ1v) is 12.8. The number of hydrogen-bond donors (Lipinski definition) is 1. The van der Waals surface area contributed by atoms with E-state index in [0.717, 1.165) is 27.9 Å². The fraction of sp³-hybridized carbons (Fsp3) is 0.214. The van der Waals surface area contributed by atoms with E-state index in [1.807, 2.05) is 61.9 Å². The van der Waals surface area contributed by atoms with E-state index in [9.17, 15) is 14.0 Å². The van der Waals surface area contributed by atoms with Crippen LogP contribution in [0.2, 0.25) is 0 Å². The zero-order valence-corrected chi connectivity index (χ0v) is 21.6. The first-order chi connectivity index (χ1) is 17.8. The van der Waals surface area contributed by atoms with Gasteiger partial charge in [0, 0.05) is 30.3 Å². The molecule has 2 amide bonds. The van der Waals surface area contributed by atoms with Gasteiger partial charge in [-0.05, 0) is 50.2 Å². The molecule has 0 bridgehead atoms. The van der Waals surface area contributed by atoms with Crippen LogP contribution in [0, 0.1) is 12.7 Å². The van der Waals surface area contributed by atoms with E-state index in [1.165, 1.54) is 28.9 Å². The SMILES string of the molecule is Cc1ccc(C(=O)NCCN2N=C(c3ccc4c(c3)nc(-c3cccc(F)c3)n4C)C(C)SC2=O)cc1. The van der Waals surface area contributed by atoms with Gasteiger partial charge in [0.2, 0.25) is 0 Å². The number of nitrogens with one attached hydrogen (secondary N) is 1. The number of imidazole rings is 1. The predicted molar refractivity (Wildman–Crippen MR) is 145 cm³/mol. The number of carbonyl (C=O) groups excluding carboxylic acids is 2. The first-order valence-electron chi connectivity index (χ1n) is 11.9. The van der Waals surface area contributed by atoms with Crippen molar-refractivity contribution in [2.45, 2.75) is 19.1 Å². The monoisotopic (exact) mass is 515 g/mol. The summed E-state index contributed by atoms with van der Waals surface area (Å²) in [7, 11) is 1.90. The van der Waals surface area contributed by atoms with Gasteiger partial charge in [0.05, 0.1) is 28.5 Å². The summed E-state index contributed by atoms with van der Waals surface area (Å²) in [6.45, 7) is 4.45. The molecule has 1 aliphatic heterocycles. The zero-order valence-electron chi connectivity index (χ0n) is 20.7. The van der Waals surface area contributed by atoms with Gasteiger partial charge in [-0.2, -0.15) is 5.10 Å². The molecule has 5 rings (SSSR count). The maximum atomic E-state index is 13.8. The number of rotatable bonds is 6. The summed E-state index contributed by atoms with van der Waals surface area (Å²) in [6, 6.07) is 19.6. The molecule has 1 atom stereocenters. The number of carbonyl (C=O) groups is 2. The number of nitrogens with zero attached hydrogens (tertiary/aromatic N) is 4. The van der Waals surface area contributed by atoms with Crippen molar-refractivity contribution in [1.29, 1.82) is 0 Å². The van der Waals surface area contributed by atoms with E-state index in [0.29, 0.717) is 17.0 Å². The first kappa shape index (κ1) is 24.7. The molecule has 1 aliphatic rings. The summed E-state index contributed by atoms with van der Waals surface area (Å²) in [4.78, 5) is 29.8. The van der Waals surface area contributed by atoms with Crippen molar-refractivity contribution in [3.8, 4) is 11.4 Å². The highest BCUT2D eigenvalue weighted by atomic mass is 32.2. The fourth-order valence-corrected chi connectivity index (χ4v) is 5.13. The third-order valence-corrected chi connectivity index (χ3v) is 7.27. The number of fused-ring (bicyclic) bond motifs is 1. The van der Waals surface area contributed by atoms with Gasteiger partial charge in [0.15, 0.2) is 0 Å². The van der Waals surface area contributed by atoms with Crippen molar-refractivity contribution in [2.75, 3.05) is 13.1 Å². The molecule has 0 spiro atoms. The van der Waals surface area contributed by atoms with Crippen molar-refractivity contribution < 1.29 is 14.0 Å².